The molecule has 0 saturated carbocycles. The van der Waals surface area contributed by atoms with Crippen LogP contribution in [0.1, 0.15) is 12.0 Å². The van der Waals surface area contributed by atoms with E-state index in [9.17, 15) is 9.18 Å². The fraction of sp³-hybridized carbons (Fsp3) is 0.385. The Balaban J connectivity index is 2.48. The van der Waals surface area contributed by atoms with Gasteiger partial charge in [-0.15, -0.1) is 0 Å². The molecule has 4 N–H and O–H groups in total. The van der Waals surface area contributed by atoms with Crippen LogP contribution in [0.15, 0.2) is 18.2 Å². The van der Waals surface area contributed by atoms with Crippen molar-refractivity contribution in [1.82, 2.24) is 5.32 Å². The highest BCUT2D eigenvalue weighted by Crippen LogP contribution is 2.18. The first-order valence-electron chi connectivity index (χ1n) is 6.14. The van der Waals surface area contributed by atoms with Gasteiger partial charge in [-0.05, 0) is 12.1 Å². The van der Waals surface area contributed by atoms with Crippen LogP contribution in [0.3, 0.4) is 0 Å². The second kappa shape index (κ2) is 8.44. The van der Waals surface area contributed by atoms with Crippen LogP contribution in [-0.4, -0.2) is 37.7 Å². The van der Waals surface area contributed by atoms with E-state index < -0.39 is 5.82 Å². The molecule has 0 atom stereocenters. The molecule has 0 fully saturated rings. The fourth-order valence-electron chi connectivity index (χ4n) is 1.61. The van der Waals surface area contributed by atoms with Gasteiger partial charge in [-0.1, -0.05) is 18.3 Å². The van der Waals surface area contributed by atoms with Gasteiger partial charge in [0.2, 0.25) is 5.91 Å². The summed E-state index contributed by atoms with van der Waals surface area (Å²) in [6, 6.07) is 4.51. The highest BCUT2D eigenvalue weighted by atomic mass is 32.1. The predicted molar refractivity (Wildman–Crippen MR) is 80.3 cm³/mol. The number of methoxy groups -OCH3 is 1. The summed E-state index contributed by atoms with van der Waals surface area (Å²) in [7, 11) is 1.56. The first-order chi connectivity index (χ1) is 9.56. The Hall–Kier alpha value is -1.73. The Morgan fingerprint density at radius 2 is 2.20 bits per heavy atom. The summed E-state index contributed by atoms with van der Waals surface area (Å²) in [5.74, 6) is -0.588. The van der Waals surface area contributed by atoms with Gasteiger partial charge in [-0.25, -0.2) is 4.39 Å². The number of ether oxygens (including phenoxy) is 1. The maximum absolute atomic E-state index is 13.6. The van der Waals surface area contributed by atoms with Gasteiger partial charge >= 0.3 is 0 Å². The average molecular weight is 299 g/mol. The average Bonchev–Trinajstić information content (AvgIpc) is 2.38. The summed E-state index contributed by atoms with van der Waals surface area (Å²) in [6.07, 6.45) is 0.261. The number of halogens is 1. The van der Waals surface area contributed by atoms with Crippen LogP contribution in [0.25, 0.3) is 0 Å². The van der Waals surface area contributed by atoms with Gasteiger partial charge in [0, 0.05) is 32.3 Å². The highest BCUT2D eigenvalue weighted by molar-refractivity contribution is 7.80. The zero-order chi connectivity index (χ0) is 15.0. The van der Waals surface area contributed by atoms with Crippen LogP contribution >= 0.6 is 12.2 Å². The molecule has 110 valence electrons. The second-order valence-electron chi connectivity index (χ2n) is 4.05. The number of carbonyl (C=O) groups is 1. The molecule has 0 aromatic heterocycles. The molecule has 1 amide bonds. The molecule has 0 radical (unpaired) electrons. The van der Waals surface area contributed by atoms with E-state index in [-0.39, 0.29) is 22.9 Å². The van der Waals surface area contributed by atoms with Crippen molar-refractivity contribution in [3.63, 3.8) is 0 Å². The molecule has 20 heavy (non-hydrogen) atoms. The summed E-state index contributed by atoms with van der Waals surface area (Å²) >= 11 is 4.81. The normalized spacial score (nSPS) is 10.1. The third kappa shape index (κ3) is 5.10. The SMILES string of the molecule is COCCNC(=O)CCNc1cccc(F)c1C(N)=S. The fourth-order valence-corrected chi connectivity index (χ4v) is 1.82. The molecule has 1 aromatic rings. The zero-order valence-electron chi connectivity index (χ0n) is 11.2. The van der Waals surface area contributed by atoms with Crippen LogP contribution in [0.4, 0.5) is 10.1 Å². The quantitative estimate of drug-likeness (QED) is 0.494. The van der Waals surface area contributed by atoms with Gasteiger partial charge in [-0.2, -0.15) is 0 Å². The van der Waals surface area contributed by atoms with Gasteiger partial charge in [-0.3, -0.25) is 4.79 Å². The molecular weight excluding hydrogens is 281 g/mol. The molecule has 5 nitrogen and oxygen atoms in total. The molecule has 0 unspecified atom stereocenters. The second-order valence-corrected chi connectivity index (χ2v) is 4.49. The lowest BCUT2D eigenvalue weighted by Gasteiger charge is -2.12. The molecule has 0 saturated heterocycles. The van der Waals surface area contributed by atoms with E-state index in [4.69, 9.17) is 22.7 Å². The van der Waals surface area contributed by atoms with Crippen LogP contribution in [0.2, 0.25) is 0 Å². The molecule has 7 heteroatoms. The van der Waals surface area contributed by atoms with E-state index in [1.54, 1.807) is 19.2 Å². The Labute approximate surface area is 122 Å². The van der Waals surface area contributed by atoms with E-state index in [2.05, 4.69) is 10.6 Å². The number of hydrogen-bond donors (Lipinski definition) is 3. The highest BCUT2D eigenvalue weighted by Gasteiger charge is 2.10. The smallest absolute Gasteiger partial charge is 0.221 e. The van der Waals surface area contributed by atoms with Crippen molar-refractivity contribution in [2.45, 2.75) is 6.42 Å². The van der Waals surface area contributed by atoms with Crippen molar-refractivity contribution in [3.8, 4) is 0 Å². The summed E-state index contributed by atoms with van der Waals surface area (Å²) < 4.78 is 18.4. The van der Waals surface area contributed by atoms with Crippen molar-refractivity contribution >= 4 is 28.8 Å². The minimum Gasteiger partial charge on any atom is -0.389 e. The number of nitrogens with two attached hydrogens (primary N) is 1. The number of rotatable bonds is 8. The first kappa shape index (κ1) is 16.3. The molecule has 0 aliphatic carbocycles. The van der Waals surface area contributed by atoms with E-state index in [1.807, 2.05) is 0 Å². The van der Waals surface area contributed by atoms with E-state index in [0.717, 1.165) is 0 Å². The van der Waals surface area contributed by atoms with Gasteiger partial charge in [0.05, 0.1) is 12.2 Å². The van der Waals surface area contributed by atoms with Crippen molar-refractivity contribution in [2.24, 2.45) is 5.73 Å². The summed E-state index contributed by atoms with van der Waals surface area (Å²) in [6.45, 7) is 1.29. The number of carbonyl (C=O) groups excluding carboxylic acids is 1. The third-order valence-electron chi connectivity index (χ3n) is 2.56. The maximum atomic E-state index is 13.6. The Kier molecular flexibility index (Phi) is 6.89. The van der Waals surface area contributed by atoms with E-state index in [0.29, 0.717) is 25.4 Å². The molecule has 0 spiro atoms. The van der Waals surface area contributed by atoms with Gasteiger partial charge in [0.1, 0.15) is 10.8 Å². The van der Waals surface area contributed by atoms with Crippen molar-refractivity contribution < 1.29 is 13.9 Å². The predicted octanol–water partition coefficient (Wildman–Crippen LogP) is 1.02. The largest absolute Gasteiger partial charge is 0.389 e. The number of anilines is 1. The van der Waals surface area contributed by atoms with E-state index in [1.165, 1.54) is 6.07 Å². The summed E-state index contributed by atoms with van der Waals surface area (Å²) in [5, 5.41) is 5.65. The number of nitrogens with one attached hydrogen (secondary N) is 2. The lowest BCUT2D eigenvalue weighted by Crippen LogP contribution is -2.28. The van der Waals surface area contributed by atoms with Crippen molar-refractivity contribution in [1.29, 1.82) is 0 Å². The van der Waals surface area contributed by atoms with E-state index >= 15 is 0 Å². The molecule has 0 aliphatic heterocycles. The molecule has 1 rings (SSSR count). The molecule has 0 aliphatic rings. The molecule has 0 heterocycles. The van der Waals surface area contributed by atoms with Crippen LogP contribution < -0.4 is 16.4 Å². The Bertz CT molecular complexity index is 483. The van der Waals surface area contributed by atoms with Gasteiger partial charge in [0.25, 0.3) is 0 Å². The number of thiocarbonyl (C=S) groups is 1. The maximum Gasteiger partial charge on any atom is 0.221 e. The zero-order valence-corrected chi connectivity index (χ0v) is 12.1. The summed E-state index contributed by atoms with van der Waals surface area (Å²) in [4.78, 5) is 11.4. The number of amides is 1. The van der Waals surface area contributed by atoms with Crippen LogP contribution in [-0.2, 0) is 9.53 Å². The lowest BCUT2D eigenvalue weighted by molar-refractivity contribution is -0.121. The first-order valence-corrected chi connectivity index (χ1v) is 6.55. The Morgan fingerprint density at radius 3 is 2.85 bits per heavy atom. The topological polar surface area (TPSA) is 76.4 Å². The Morgan fingerprint density at radius 1 is 1.45 bits per heavy atom. The van der Waals surface area contributed by atoms with Gasteiger partial charge in [0.15, 0.2) is 0 Å². The van der Waals surface area contributed by atoms with Crippen molar-refractivity contribution in [3.05, 3.63) is 29.6 Å². The third-order valence-corrected chi connectivity index (χ3v) is 2.76. The van der Waals surface area contributed by atoms with Gasteiger partial charge < -0.3 is 21.1 Å². The lowest BCUT2D eigenvalue weighted by atomic mass is 10.1. The van der Waals surface area contributed by atoms with Crippen LogP contribution in [0, 0.1) is 5.82 Å². The minimum absolute atomic E-state index is 0.0184. The molecular formula is C13H18FN3O2S. The van der Waals surface area contributed by atoms with Crippen molar-refractivity contribution in [2.75, 3.05) is 32.1 Å². The summed E-state index contributed by atoms with van der Waals surface area (Å²) in [5.41, 5.74) is 6.14. The molecule has 0 bridgehead atoms. The number of hydrogen-bond acceptors (Lipinski definition) is 4. The molecule has 1 aromatic carbocycles. The monoisotopic (exact) mass is 299 g/mol. The minimum atomic E-state index is -0.480. The number of benzene rings is 1. The van der Waals surface area contributed by atoms with Crippen LogP contribution in [0.5, 0.6) is 0 Å². The standard InChI is InChI=1S/C13H18FN3O2S/c1-19-8-7-17-11(18)5-6-16-10-4-2-3-9(14)12(10)13(15)20/h2-4,16H,5-8H2,1H3,(H2,15,20)(H,17,18).